The van der Waals surface area contributed by atoms with E-state index in [0.717, 1.165) is 24.2 Å². The van der Waals surface area contributed by atoms with Crippen LogP contribution in [0, 0.1) is 30.1 Å². The summed E-state index contributed by atoms with van der Waals surface area (Å²) in [7, 11) is 0. The van der Waals surface area contributed by atoms with Gasteiger partial charge in [0.1, 0.15) is 0 Å². The molecule has 4 aliphatic carbocycles. The third kappa shape index (κ3) is 2.08. The lowest BCUT2D eigenvalue weighted by Crippen LogP contribution is -2.46. The van der Waals surface area contributed by atoms with Gasteiger partial charge in [0.2, 0.25) is 0 Å². The molecule has 19 heavy (non-hydrogen) atoms. The number of aliphatic hydroxyl groups is 1. The van der Waals surface area contributed by atoms with E-state index >= 15 is 0 Å². The largest absolute Gasteiger partial charge is 0.388 e. The zero-order valence-electron chi connectivity index (χ0n) is 11.8. The monoisotopic (exact) mass is 276 g/mol. The van der Waals surface area contributed by atoms with Gasteiger partial charge in [-0.3, -0.25) is 0 Å². The zero-order chi connectivity index (χ0) is 13.0. The molecule has 4 saturated carbocycles. The van der Waals surface area contributed by atoms with Crippen molar-refractivity contribution in [3.05, 3.63) is 21.9 Å². The Balaban J connectivity index is 1.55. The van der Waals surface area contributed by atoms with Crippen LogP contribution in [0.1, 0.15) is 61.5 Å². The average molecular weight is 276 g/mol. The molecule has 0 amide bonds. The van der Waals surface area contributed by atoms with E-state index < -0.39 is 0 Å². The van der Waals surface area contributed by atoms with Crippen molar-refractivity contribution in [3.8, 4) is 0 Å². The van der Waals surface area contributed by atoms with Crippen LogP contribution in [-0.4, -0.2) is 5.11 Å². The van der Waals surface area contributed by atoms with Gasteiger partial charge in [-0.1, -0.05) is 0 Å². The van der Waals surface area contributed by atoms with E-state index in [1.807, 2.05) is 0 Å². The highest BCUT2D eigenvalue weighted by molar-refractivity contribution is 7.10. The molecule has 1 atom stereocenters. The summed E-state index contributed by atoms with van der Waals surface area (Å²) in [6.07, 6.45) is 9.49. The standard InChI is InChI=1S/C17H24OS/c1-11-15(2-3-19-11)16(18)10-17-7-12-4-13(8-17)6-14(5-12)9-17/h2-3,12-14,16,18H,4-10H2,1H3. The second-order valence-electron chi connectivity index (χ2n) is 7.57. The van der Waals surface area contributed by atoms with Gasteiger partial charge in [0, 0.05) is 4.88 Å². The Kier molecular flexibility index (Phi) is 2.82. The highest BCUT2D eigenvalue weighted by atomic mass is 32.1. The fraction of sp³-hybridized carbons (Fsp3) is 0.765. The van der Waals surface area contributed by atoms with Crippen LogP contribution < -0.4 is 0 Å². The predicted octanol–water partition coefficient (Wildman–Crippen LogP) is 4.70. The lowest BCUT2D eigenvalue weighted by molar-refractivity contribution is -0.0764. The lowest BCUT2D eigenvalue weighted by atomic mass is 9.48. The molecule has 4 bridgehead atoms. The number of rotatable bonds is 3. The third-order valence-electron chi connectivity index (χ3n) is 6.05. The van der Waals surface area contributed by atoms with E-state index in [9.17, 15) is 5.11 Å². The highest BCUT2D eigenvalue weighted by Crippen LogP contribution is 2.62. The molecule has 104 valence electrons. The number of thiophene rings is 1. The Labute approximate surface area is 120 Å². The van der Waals surface area contributed by atoms with Gasteiger partial charge in [0.15, 0.2) is 0 Å². The van der Waals surface area contributed by atoms with Crippen LogP contribution >= 0.6 is 11.3 Å². The molecule has 1 aromatic heterocycles. The van der Waals surface area contributed by atoms with E-state index in [-0.39, 0.29) is 6.10 Å². The summed E-state index contributed by atoms with van der Waals surface area (Å²) < 4.78 is 0. The molecule has 4 aliphatic rings. The number of hydrogen-bond donors (Lipinski definition) is 1. The summed E-state index contributed by atoms with van der Waals surface area (Å²) in [4.78, 5) is 1.30. The summed E-state index contributed by atoms with van der Waals surface area (Å²) >= 11 is 1.77. The van der Waals surface area contributed by atoms with Gasteiger partial charge in [-0.05, 0) is 92.0 Å². The molecule has 0 aromatic carbocycles. The number of aryl methyl sites for hydroxylation is 1. The van der Waals surface area contributed by atoms with Crippen molar-refractivity contribution >= 4 is 11.3 Å². The SMILES string of the molecule is Cc1sccc1C(O)CC12CC3CC(CC(C3)C1)C2. The van der Waals surface area contributed by atoms with Crippen LogP contribution in [-0.2, 0) is 0 Å². The molecule has 0 radical (unpaired) electrons. The number of hydrogen-bond acceptors (Lipinski definition) is 2. The minimum Gasteiger partial charge on any atom is -0.388 e. The van der Waals surface area contributed by atoms with Gasteiger partial charge in [-0.2, -0.15) is 0 Å². The maximum absolute atomic E-state index is 10.7. The van der Waals surface area contributed by atoms with Crippen molar-refractivity contribution in [1.82, 2.24) is 0 Å². The molecule has 1 heterocycles. The zero-order valence-corrected chi connectivity index (χ0v) is 12.6. The van der Waals surface area contributed by atoms with Gasteiger partial charge in [-0.15, -0.1) is 11.3 Å². The van der Waals surface area contributed by atoms with E-state index in [0.29, 0.717) is 5.41 Å². The second-order valence-corrected chi connectivity index (χ2v) is 8.69. The van der Waals surface area contributed by atoms with Gasteiger partial charge in [-0.25, -0.2) is 0 Å². The van der Waals surface area contributed by atoms with E-state index in [4.69, 9.17) is 0 Å². The van der Waals surface area contributed by atoms with Crippen molar-refractivity contribution in [3.63, 3.8) is 0 Å². The van der Waals surface area contributed by atoms with E-state index in [1.54, 1.807) is 11.3 Å². The Morgan fingerprint density at radius 1 is 1.21 bits per heavy atom. The molecule has 1 N–H and O–H groups in total. The molecule has 0 spiro atoms. The quantitative estimate of drug-likeness (QED) is 0.848. The third-order valence-corrected chi connectivity index (χ3v) is 6.91. The molecule has 1 aromatic rings. The van der Waals surface area contributed by atoms with Gasteiger partial charge in [0.25, 0.3) is 0 Å². The minimum atomic E-state index is -0.220. The Bertz CT molecular complexity index is 440. The van der Waals surface area contributed by atoms with Crippen LogP contribution in [0.25, 0.3) is 0 Å². The van der Waals surface area contributed by atoms with Crippen LogP contribution in [0.15, 0.2) is 11.4 Å². The average Bonchev–Trinajstić information content (AvgIpc) is 2.72. The number of aliphatic hydroxyl groups excluding tert-OH is 1. The Hall–Kier alpha value is -0.340. The Morgan fingerprint density at radius 2 is 1.79 bits per heavy atom. The van der Waals surface area contributed by atoms with Crippen LogP contribution in [0.3, 0.4) is 0 Å². The van der Waals surface area contributed by atoms with E-state index in [2.05, 4.69) is 18.4 Å². The first-order valence-electron chi connectivity index (χ1n) is 7.86. The van der Waals surface area contributed by atoms with Crippen molar-refractivity contribution < 1.29 is 5.11 Å². The maximum Gasteiger partial charge on any atom is 0.0806 e. The molecular weight excluding hydrogens is 252 g/mol. The summed E-state index contributed by atoms with van der Waals surface area (Å²) in [5.74, 6) is 2.96. The molecular formula is C17H24OS. The lowest BCUT2D eigenvalue weighted by Gasteiger charge is -2.57. The predicted molar refractivity (Wildman–Crippen MR) is 79.2 cm³/mol. The second kappa shape index (κ2) is 4.33. The summed E-state index contributed by atoms with van der Waals surface area (Å²) in [5, 5.41) is 12.8. The van der Waals surface area contributed by atoms with E-state index in [1.165, 1.54) is 49.0 Å². The fourth-order valence-electron chi connectivity index (χ4n) is 5.80. The molecule has 1 unspecified atom stereocenters. The first-order valence-corrected chi connectivity index (χ1v) is 8.74. The normalized spacial score (nSPS) is 41.7. The minimum absolute atomic E-state index is 0.220. The van der Waals surface area contributed by atoms with Crippen molar-refractivity contribution in [2.45, 2.75) is 58.0 Å². The van der Waals surface area contributed by atoms with Crippen molar-refractivity contribution in [2.24, 2.45) is 23.2 Å². The molecule has 5 rings (SSSR count). The van der Waals surface area contributed by atoms with Gasteiger partial charge in [0.05, 0.1) is 6.10 Å². The fourth-order valence-corrected chi connectivity index (χ4v) is 6.56. The van der Waals surface area contributed by atoms with Gasteiger partial charge < -0.3 is 5.11 Å². The smallest absolute Gasteiger partial charge is 0.0806 e. The van der Waals surface area contributed by atoms with Gasteiger partial charge >= 0.3 is 0 Å². The summed E-state index contributed by atoms with van der Waals surface area (Å²) in [6.45, 7) is 2.14. The summed E-state index contributed by atoms with van der Waals surface area (Å²) in [5.41, 5.74) is 1.68. The molecule has 0 aliphatic heterocycles. The summed E-state index contributed by atoms with van der Waals surface area (Å²) in [6, 6.07) is 2.13. The van der Waals surface area contributed by atoms with Crippen LogP contribution in [0.5, 0.6) is 0 Å². The van der Waals surface area contributed by atoms with Crippen molar-refractivity contribution in [1.29, 1.82) is 0 Å². The molecule has 1 nitrogen and oxygen atoms in total. The van der Waals surface area contributed by atoms with Crippen LogP contribution in [0.2, 0.25) is 0 Å². The molecule has 0 saturated heterocycles. The first-order chi connectivity index (χ1) is 9.13. The Morgan fingerprint density at radius 3 is 2.26 bits per heavy atom. The molecule has 2 heteroatoms. The topological polar surface area (TPSA) is 20.2 Å². The molecule has 4 fully saturated rings. The highest BCUT2D eigenvalue weighted by Gasteiger charge is 2.51. The first kappa shape index (κ1) is 12.4. The van der Waals surface area contributed by atoms with Crippen LogP contribution in [0.4, 0.5) is 0 Å². The maximum atomic E-state index is 10.7. The van der Waals surface area contributed by atoms with Crippen molar-refractivity contribution in [2.75, 3.05) is 0 Å².